The molecule has 0 radical (unpaired) electrons. The van der Waals surface area contributed by atoms with Gasteiger partial charge in [0.25, 0.3) is 5.91 Å². The molecule has 280 valence electrons. The third kappa shape index (κ3) is 11.9. The molecule has 15 heteroatoms. The molecule has 1 saturated heterocycles. The number of hydrogen-bond donors (Lipinski definition) is 4. The number of likely N-dealkylation sites (N-methyl/N-ethyl adjacent to an activating group) is 1. The third-order valence-corrected chi connectivity index (χ3v) is 11.4. The second kappa shape index (κ2) is 16.5. The highest BCUT2D eigenvalue weighted by Crippen LogP contribution is 2.33. The Bertz CT molecular complexity index is 1320. The van der Waals surface area contributed by atoms with Crippen molar-refractivity contribution in [2.45, 2.75) is 142 Å². The van der Waals surface area contributed by atoms with Crippen LogP contribution in [0.25, 0.3) is 0 Å². The highest BCUT2D eigenvalue weighted by molar-refractivity contribution is 7.88. The van der Waals surface area contributed by atoms with E-state index in [2.05, 4.69) is 16.0 Å². The fraction of sp³-hybridized carbons (Fsp3) is 0.853. The van der Waals surface area contributed by atoms with Crippen LogP contribution in [0.5, 0.6) is 0 Å². The number of rotatable bonds is 14. The molecule has 49 heavy (non-hydrogen) atoms. The number of ketones is 1. The maximum Gasteiger partial charge on any atom is 0.315 e. The fourth-order valence-electron chi connectivity index (χ4n) is 6.90. The number of primary amides is 1. The van der Waals surface area contributed by atoms with E-state index in [1.165, 1.54) is 16.3 Å². The highest BCUT2D eigenvalue weighted by Gasteiger charge is 2.46. The normalized spacial score (nSPS) is 22.9. The number of nitrogens with two attached hydrogens (primary N) is 1. The van der Waals surface area contributed by atoms with E-state index in [1.807, 2.05) is 41.5 Å². The van der Waals surface area contributed by atoms with Gasteiger partial charge in [0.2, 0.25) is 27.6 Å². The number of amides is 5. The number of likely N-dealkylation sites (tertiary alicyclic amines) is 1. The van der Waals surface area contributed by atoms with E-state index in [9.17, 15) is 32.4 Å². The molecule has 3 rings (SSSR count). The van der Waals surface area contributed by atoms with Crippen LogP contribution in [-0.4, -0.2) is 109 Å². The number of hydrogen-bond acceptors (Lipinski definition) is 8. The summed E-state index contributed by atoms with van der Waals surface area (Å²) in [7, 11) is -2.06. The van der Waals surface area contributed by atoms with Crippen molar-refractivity contribution >= 4 is 39.6 Å². The van der Waals surface area contributed by atoms with Gasteiger partial charge in [-0.15, -0.1) is 0 Å². The van der Waals surface area contributed by atoms with Crippen molar-refractivity contribution in [3.63, 3.8) is 0 Å². The van der Waals surface area contributed by atoms with Crippen LogP contribution in [0.3, 0.4) is 0 Å². The first-order chi connectivity index (χ1) is 22.6. The zero-order valence-corrected chi connectivity index (χ0v) is 31.5. The van der Waals surface area contributed by atoms with E-state index in [1.54, 1.807) is 0 Å². The second-order valence-electron chi connectivity index (χ2n) is 16.4. The summed E-state index contributed by atoms with van der Waals surface area (Å²) in [5.41, 5.74) is 4.26. The molecular weight excluding hydrogens is 652 g/mol. The maximum absolute atomic E-state index is 14.6. The molecule has 0 spiro atoms. The molecule has 0 aromatic rings. The first kappa shape index (κ1) is 40.6. The number of nitrogens with zero attached hydrogens (tertiary/aromatic N) is 2. The SMILES string of the molecule is CN(C[C@@H](NC(=O)N[C@H](C(=O)N1CC(OC(C)(C)C)C[C@H]1C(=O)NC(CC1CCC1)C(=O)C(N)=O)C1CCCCC1)C(C)(C)C)S(C)(=O)=O. The van der Waals surface area contributed by atoms with Crippen molar-refractivity contribution in [2.75, 3.05) is 26.4 Å². The van der Waals surface area contributed by atoms with Gasteiger partial charge in [-0.3, -0.25) is 19.2 Å². The largest absolute Gasteiger partial charge is 0.371 e. The molecule has 0 aromatic heterocycles. The zero-order chi connectivity index (χ0) is 36.9. The molecular formula is C34H60N6O8S. The minimum atomic E-state index is -3.51. The molecule has 0 bridgehead atoms. The van der Waals surface area contributed by atoms with Crippen molar-refractivity contribution in [3.05, 3.63) is 0 Å². The van der Waals surface area contributed by atoms with Crippen molar-refractivity contribution in [2.24, 2.45) is 23.0 Å². The molecule has 3 aliphatic rings. The predicted octanol–water partition coefficient (Wildman–Crippen LogP) is 2.05. The van der Waals surface area contributed by atoms with E-state index in [4.69, 9.17) is 10.5 Å². The summed E-state index contributed by atoms with van der Waals surface area (Å²) in [5, 5.41) is 8.58. The second-order valence-corrected chi connectivity index (χ2v) is 18.5. The lowest BCUT2D eigenvalue weighted by Gasteiger charge is -2.37. The van der Waals surface area contributed by atoms with Crippen LogP contribution in [0.4, 0.5) is 4.79 Å². The van der Waals surface area contributed by atoms with Gasteiger partial charge in [-0.05, 0) is 57.3 Å². The number of Topliss-reactive ketones (excluding diaryl/α,β-unsaturated/α-hetero) is 1. The summed E-state index contributed by atoms with van der Waals surface area (Å²) in [6.45, 7) is 11.5. The van der Waals surface area contributed by atoms with Gasteiger partial charge in [0.05, 0.1) is 24.0 Å². The summed E-state index contributed by atoms with van der Waals surface area (Å²) in [4.78, 5) is 68.3. The Morgan fingerprint density at radius 1 is 0.918 bits per heavy atom. The van der Waals surface area contributed by atoms with Gasteiger partial charge in [-0.1, -0.05) is 59.3 Å². The molecule has 0 aromatic carbocycles. The number of sulfonamides is 1. The molecule has 14 nitrogen and oxygen atoms in total. The Morgan fingerprint density at radius 3 is 2.02 bits per heavy atom. The average molecular weight is 713 g/mol. The minimum Gasteiger partial charge on any atom is -0.371 e. The number of carbonyl (C=O) groups excluding carboxylic acids is 5. The monoisotopic (exact) mass is 712 g/mol. The van der Waals surface area contributed by atoms with Crippen molar-refractivity contribution in [1.29, 1.82) is 0 Å². The van der Waals surface area contributed by atoms with Gasteiger partial charge in [-0.2, -0.15) is 0 Å². The van der Waals surface area contributed by atoms with Crippen LogP contribution < -0.4 is 21.7 Å². The summed E-state index contributed by atoms with van der Waals surface area (Å²) in [5.74, 6) is -2.99. The van der Waals surface area contributed by atoms with Gasteiger partial charge in [-0.25, -0.2) is 17.5 Å². The number of ether oxygens (including phenoxy) is 1. The molecule has 2 unspecified atom stereocenters. The van der Waals surface area contributed by atoms with Gasteiger partial charge in [0.15, 0.2) is 0 Å². The molecule has 5 atom stereocenters. The minimum absolute atomic E-state index is 0.0318. The molecule has 2 saturated carbocycles. The molecule has 5 amide bonds. The number of carbonyl (C=O) groups is 5. The first-order valence-electron chi connectivity index (χ1n) is 17.7. The summed E-state index contributed by atoms with van der Waals surface area (Å²) in [6.07, 6.45) is 8.09. The summed E-state index contributed by atoms with van der Waals surface area (Å²) < 4.78 is 31.8. The quantitative estimate of drug-likeness (QED) is 0.196. The van der Waals surface area contributed by atoms with Crippen LogP contribution >= 0.6 is 0 Å². The Morgan fingerprint density at radius 2 is 1.53 bits per heavy atom. The number of urea groups is 1. The van der Waals surface area contributed by atoms with Gasteiger partial charge in [0.1, 0.15) is 12.1 Å². The smallest absolute Gasteiger partial charge is 0.315 e. The molecule has 2 aliphatic carbocycles. The maximum atomic E-state index is 14.6. The van der Waals surface area contributed by atoms with Crippen LogP contribution in [0.15, 0.2) is 0 Å². The lowest BCUT2D eigenvalue weighted by Crippen LogP contribution is -2.61. The van der Waals surface area contributed by atoms with Crippen molar-refractivity contribution < 1.29 is 37.1 Å². The predicted molar refractivity (Wildman–Crippen MR) is 186 cm³/mol. The first-order valence-corrected chi connectivity index (χ1v) is 19.5. The fourth-order valence-corrected chi connectivity index (χ4v) is 7.32. The van der Waals surface area contributed by atoms with Crippen LogP contribution in [0, 0.1) is 17.3 Å². The van der Waals surface area contributed by atoms with Crippen molar-refractivity contribution in [1.82, 2.24) is 25.2 Å². The van der Waals surface area contributed by atoms with E-state index < -0.39 is 80.8 Å². The van der Waals surface area contributed by atoms with Gasteiger partial charge < -0.3 is 31.3 Å². The lowest BCUT2D eigenvalue weighted by molar-refractivity contribution is -0.143. The Labute approximate surface area is 292 Å². The van der Waals surface area contributed by atoms with Crippen LogP contribution in [0.2, 0.25) is 0 Å². The topological polar surface area (TPSA) is 197 Å². The van der Waals surface area contributed by atoms with Gasteiger partial charge >= 0.3 is 6.03 Å². The summed E-state index contributed by atoms with van der Waals surface area (Å²) in [6, 6.07) is -4.26. The molecule has 1 aliphatic heterocycles. The van der Waals surface area contributed by atoms with Crippen LogP contribution in [0.1, 0.15) is 106 Å². The Balaban J connectivity index is 1.89. The van der Waals surface area contributed by atoms with E-state index in [0.29, 0.717) is 19.3 Å². The zero-order valence-electron chi connectivity index (χ0n) is 30.7. The Kier molecular flexibility index (Phi) is 13.7. The lowest BCUT2D eigenvalue weighted by atomic mass is 9.80. The van der Waals surface area contributed by atoms with Gasteiger partial charge in [0, 0.05) is 32.6 Å². The van der Waals surface area contributed by atoms with Crippen LogP contribution in [-0.2, 0) is 33.9 Å². The van der Waals surface area contributed by atoms with Crippen molar-refractivity contribution in [3.8, 4) is 0 Å². The highest BCUT2D eigenvalue weighted by atomic mass is 32.2. The van der Waals surface area contributed by atoms with E-state index in [-0.39, 0.29) is 31.3 Å². The molecule has 1 heterocycles. The van der Waals surface area contributed by atoms with E-state index in [0.717, 1.165) is 44.8 Å². The average Bonchev–Trinajstić information content (AvgIpc) is 3.37. The molecule has 5 N–H and O–H groups in total. The third-order valence-electron chi connectivity index (χ3n) is 10.1. The van der Waals surface area contributed by atoms with E-state index >= 15 is 0 Å². The summed E-state index contributed by atoms with van der Waals surface area (Å²) >= 11 is 0. The standard InChI is InChI=1S/C34H60N6O8S/c1-33(2,3)26(20-39(7)49(8,46)47)37-32(45)38-27(22-15-10-9-11-16-22)31(44)40-19-23(48-34(4,5)6)18-25(40)30(43)36-24(28(41)29(35)42)17-21-13-12-14-21/h21-27H,9-20H2,1-8H3,(H2,35,42)(H,36,43)(H2,37,38,45)/t23?,24?,25-,26+,27-/m0/s1. The Hall–Kier alpha value is -2.78. The number of nitrogens with one attached hydrogen (secondary N) is 3. The molecule has 3 fully saturated rings.